The van der Waals surface area contributed by atoms with Gasteiger partial charge in [-0.15, -0.1) is 5.10 Å². The lowest BCUT2D eigenvalue weighted by molar-refractivity contribution is -0.136. The van der Waals surface area contributed by atoms with Crippen molar-refractivity contribution in [2.24, 2.45) is 5.92 Å². The third kappa shape index (κ3) is 3.83. The fraction of sp³-hybridized carbons (Fsp3) is 0.455. The van der Waals surface area contributed by atoms with Crippen LogP contribution in [0.3, 0.4) is 0 Å². The maximum absolute atomic E-state index is 13.2. The minimum absolute atomic E-state index is 0.0282. The molecule has 4 heterocycles. The van der Waals surface area contributed by atoms with Crippen molar-refractivity contribution in [3.05, 3.63) is 30.6 Å². The second kappa shape index (κ2) is 8.64. The van der Waals surface area contributed by atoms with Gasteiger partial charge >= 0.3 is 0 Å². The highest BCUT2D eigenvalue weighted by Crippen LogP contribution is 2.29. The molecule has 2 fully saturated rings. The van der Waals surface area contributed by atoms with E-state index < -0.39 is 0 Å². The Hall–Kier alpha value is -3.76. The highest BCUT2D eigenvalue weighted by molar-refractivity contribution is 6.00. The first-order valence-corrected chi connectivity index (χ1v) is 11.1. The van der Waals surface area contributed by atoms with Crippen LogP contribution in [0.25, 0.3) is 11.2 Å². The third-order valence-corrected chi connectivity index (χ3v) is 6.33. The lowest BCUT2D eigenvalue weighted by Crippen LogP contribution is -2.51. The van der Waals surface area contributed by atoms with Crippen LogP contribution in [0.2, 0.25) is 0 Å². The zero-order valence-electron chi connectivity index (χ0n) is 18.7. The van der Waals surface area contributed by atoms with Crippen LogP contribution in [-0.4, -0.2) is 81.5 Å². The van der Waals surface area contributed by atoms with Gasteiger partial charge in [0.1, 0.15) is 12.1 Å². The van der Waals surface area contributed by atoms with Crippen LogP contribution in [0.15, 0.2) is 30.6 Å². The summed E-state index contributed by atoms with van der Waals surface area (Å²) in [5.74, 6) is 1.15. The predicted molar refractivity (Wildman–Crippen MR) is 121 cm³/mol. The van der Waals surface area contributed by atoms with Crippen molar-refractivity contribution in [2.45, 2.75) is 19.9 Å². The Balaban J connectivity index is 1.23. The van der Waals surface area contributed by atoms with Crippen molar-refractivity contribution in [3.8, 4) is 5.75 Å². The quantitative estimate of drug-likeness (QED) is 0.565. The first-order valence-electron chi connectivity index (χ1n) is 11.1. The molecule has 0 N–H and O–H groups in total. The van der Waals surface area contributed by atoms with Crippen LogP contribution in [0.1, 0.15) is 13.3 Å². The normalized spacial score (nSPS) is 18.9. The Morgan fingerprint density at radius 3 is 2.58 bits per heavy atom. The van der Waals surface area contributed by atoms with E-state index in [2.05, 4.69) is 25.2 Å². The summed E-state index contributed by atoms with van der Waals surface area (Å²) in [6, 6.07) is 7.33. The molecule has 33 heavy (non-hydrogen) atoms. The summed E-state index contributed by atoms with van der Waals surface area (Å²) in [5, 5.41) is 8.40. The minimum atomic E-state index is -0.332. The molecule has 2 aromatic heterocycles. The van der Waals surface area contributed by atoms with Crippen LogP contribution >= 0.6 is 0 Å². The van der Waals surface area contributed by atoms with Gasteiger partial charge in [0, 0.05) is 51.4 Å². The van der Waals surface area contributed by atoms with Gasteiger partial charge in [0.25, 0.3) is 0 Å². The summed E-state index contributed by atoms with van der Waals surface area (Å²) in [6.45, 7) is 5.49. The highest BCUT2D eigenvalue weighted by atomic mass is 16.5. The third-order valence-electron chi connectivity index (χ3n) is 6.33. The van der Waals surface area contributed by atoms with Crippen LogP contribution in [0.4, 0.5) is 11.5 Å². The molecule has 0 spiro atoms. The van der Waals surface area contributed by atoms with E-state index in [1.807, 2.05) is 36.1 Å². The molecule has 2 aliphatic heterocycles. The zero-order valence-corrected chi connectivity index (χ0v) is 18.7. The molecule has 172 valence electrons. The molecule has 2 amide bonds. The van der Waals surface area contributed by atoms with Gasteiger partial charge in [-0.1, -0.05) is 5.21 Å². The summed E-state index contributed by atoms with van der Waals surface area (Å²) >= 11 is 0. The lowest BCUT2D eigenvalue weighted by atomic mass is 10.1. The molecule has 1 unspecified atom stereocenters. The molecular formula is C22H26N8O3. The molecule has 11 nitrogen and oxygen atoms in total. The van der Waals surface area contributed by atoms with E-state index in [0.717, 1.165) is 17.3 Å². The number of methoxy groups -OCH3 is 1. The number of ether oxygens (including phenoxy) is 1. The van der Waals surface area contributed by atoms with E-state index in [0.29, 0.717) is 50.4 Å². The number of nitrogens with zero attached hydrogens (tertiary/aromatic N) is 8. The molecule has 0 saturated carbocycles. The van der Waals surface area contributed by atoms with Gasteiger partial charge in [-0.3, -0.25) is 9.59 Å². The number of aromatic nitrogens is 5. The van der Waals surface area contributed by atoms with E-state index >= 15 is 0 Å². The summed E-state index contributed by atoms with van der Waals surface area (Å²) in [6.07, 6.45) is 1.76. The summed E-state index contributed by atoms with van der Waals surface area (Å²) < 4.78 is 6.93. The first kappa shape index (κ1) is 21.1. The fourth-order valence-electron chi connectivity index (χ4n) is 4.51. The van der Waals surface area contributed by atoms with Gasteiger partial charge in [-0.05, 0) is 31.2 Å². The van der Waals surface area contributed by atoms with Crippen molar-refractivity contribution < 1.29 is 14.3 Å². The summed E-state index contributed by atoms with van der Waals surface area (Å²) in [4.78, 5) is 40.2. The summed E-state index contributed by atoms with van der Waals surface area (Å²) in [5.41, 5.74) is 2.17. The number of anilines is 2. The van der Waals surface area contributed by atoms with Crippen molar-refractivity contribution in [1.82, 2.24) is 29.9 Å². The van der Waals surface area contributed by atoms with Crippen LogP contribution in [-0.2, 0) is 16.1 Å². The highest BCUT2D eigenvalue weighted by Gasteiger charge is 2.38. The monoisotopic (exact) mass is 450 g/mol. The van der Waals surface area contributed by atoms with Crippen molar-refractivity contribution in [2.75, 3.05) is 49.6 Å². The summed E-state index contributed by atoms with van der Waals surface area (Å²) in [7, 11) is 1.60. The van der Waals surface area contributed by atoms with Gasteiger partial charge in [0.15, 0.2) is 17.0 Å². The van der Waals surface area contributed by atoms with Gasteiger partial charge in [0.2, 0.25) is 11.8 Å². The number of fused-ring (bicyclic) bond motifs is 1. The maximum atomic E-state index is 13.2. The Kier molecular flexibility index (Phi) is 5.53. The molecule has 3 aromatic rings. The zero-order chi connectivity index (χ0) is 22.9. The number of amides is 2. The smallest absolute Gasteiger partial charge is 0.228 e. The average Bonchev–Trinajstić information content (AvgIpc) is 3.47. The van der Waals surface area contributed by atoms with Crippen LogP contribution < -0.4 is 14.5 Å². The molecular weight excluding hydrogens is 424 g/mol. The number of benzene rings is 1. The Bertz CT molecular complexity index is 1170. The predicted octanol–water partition coefficient (Wildman–Crippen LogP) is 0.952. The number of carbonyl (C=O) groups is 2. The van der Waals surface area contributed by atoms with Gasteiger partial charge < -0.3 is 19.4 Å². The molecule has 1 atom stereocenters. The SMILES string of the molecule is CCn1nnc2c(N3CCN(C(=O)C4CC(=O)N(c5ccc(OC)cc5)C4)CC3)ncnc21. The van der Waals surface area contributed by atoms with E-state index in [1.54, 1.807) is 16.7 Å². The topological polar surface area (TPSA) is 110 Å². The van der Waals surface area contributed by atoms with Crippen molar-refractivity contribution in [3.63, 3.8) is 0 Å². The fourth-order valence-corrected chi connectivity index (χ4v) is 4.51. The average molecular weight is 451 g/mol. The molecule has 5 rings (SSSR count). The van der Waals surface area contributed by atoms with E-state index in [4.69, 9.17) is 4.74 Å². The molecule has 0 aliphatic carbocycles. The largest absolute Gasteiger partial charge is 0.497 e. The standard InChI is InChI=1S/C22H26N8O3/c1-3-30-21-19(25-26-30)20(23-14-24-21)27-8-10-28(11-9-27)22(32)15-12-18(31)29(13-15)16-4-6-17(33-2)7-5-16/h4-7,14-15H,3,8-13H2,1-2H3. The molecule has 1 aromatic carbocycles. The molecule has 0 bridgehead atoms. The van der Waals surface area contributed by atoms with Gasteiger partial charge in [0.05, 0.1) is 13.0 Å². The molecule has 11 heteroatoms. The number of hydrogen-bond acceptors (Lipinski definition) is 8. The van der Waals surface area contributed by atoms with Crippen molar-refractivity contribution >= 4 is 34.5 Å². The van der Waals surface area contributed by atoms with Crippen LogP contribution in [0.5, 0.6) is 5.75 Å². The number of piperazine rings is 1. The number of hydrogen-bond donors (Lipinski definition) is 0. The molecule has 2 saturated heterocycles. The Morgan fingerprint density at radius 1 is 1.12 bits per heavy atom. The number of carbonyl (C=O) groups excluding carboxylic acids is 2. The maximum Gasteiger partial charge on any atom is 0.228 e. The van der Waals surface area contributed by atoms with E-state index in [1.165, 1.54) is 6.33 Å². The second-order valence-corrected chi connectivity index (χ2v) is 8.19. The number of aryl methyl sites for hydroxylation is 1. The first-order chi connectivity index (χ1) is 16.1. The van der Waals surface area contributed by atoms with E-state index in [-0.39, 0.29) is 24.2 Å². The van der Waals surface area contributed by atoms with Crippen molar-refractivity contribution in [1.29, 1.82) is 0 Å². The minimum Gasteiger partial charge on any atom is -0.497 e. The van der Waals surface area contributed by atoms with E-state index in [9.17, 15) is 9.59 Å². The molecule has 0 radical (unpaired) electrons. The van der Waals surface area contributed by atoms with Crippen LogP contribution in [0, 0.1) is 5.92 Å². The molecule has 2 aliphatic rings. The number of rotatable bonds is 5. The lowest BCUT2D eigenvalue weighted by Gasteiger charge is -2.36. The van der Waals surface area contributed by atoms with Gasteiger partial charge in [-0.2, -0.15) is 0 Å². The Labute approximate surface area is 190 Å². The second-order valence-electron chi connectivity index (χ2n) is 8.19. The Morgan fingerprint density at radius 2 is 1.88 bits per heavy atom. The van der Waals surface area contributed by atoms with Gasteiger partial charge in [-0.25, -0.2) is 14.6 Å².